The zero-order valence-electron chi connectivity index (χ0n) is 11.8. The molecule has 1 N–H and O–H groups in total. The van der Waals surface area contributed by atoms with E-state index < -0.39 is 24.0 Å². The van der Waals surface area contributed by atoms with Gasteiger partial charge < -0.3 is 5.32 Å². The Morgan fingerprint density at radius 1 is 1.50 bits per heavy atom. The van der Waals surface area contributed by atoms with Gasteiger partial charge in [-0.3, -0.25) is 4.79 Å². The molecule has 0 unspecified atom stereocenters. The van der Waals surface area contributed by atoms with Gasteiger partial charge in [0.15, 0.2) is 5.69 Å². The highest BCUT2D eigenvalue weighted by atomic mass is 32.1. The molecule has 2 rings (SSSR count). The first-order chi connectivity index (χ1) is 10.3. The number of carbonyl (C=O) groups is 1. The molecular formula is C12H14F3N5OS. The third-order valence-electron chi connectivity index (χ3n) is 3.05. The van der Waals surface area contributed by atoms with Crippen LogP contribution in [0.2, 0.25) is 0 Å². The standard InChI is InChI=1S/C12H14F3N5OS/c1-3-8(11-19-9(4-22-11)12(13,14)15)18-10(21)7(2)20-6-16-5-17-20/h4-8H,3H2,1-2H3,(H,18,21)/t7-,8-/m1/s1. The number of halogens is 3. The molecular weight excluding hydrogens is 319 g/mol. The molecule has 0 aromatic carbocycles. The van der Waals surface area contributed by atoms with E-state index in [0.717, 1.165) is 16.7 Å². The van der Waals surface area contributed by atoms with Crippen molar-refractivity contribution >= 4 is 17.2 Å². The van der Waals surface area contributed by atoms with Gasteiger partial charge in [-0.1, -0.05) is 6.92 Å². The first-order valence-electron chi connectivity index (χ1n) is 6.50. The number of alkyl halides is 3. The Kier molecular flexibility index (Phi) is 4.79. The van der Waals surface area contributed by atoms with E-state index in [9.17, 15) is 18.0 Å². The lowest BCUT2D eigenvalue weighted by molar-refractivity contribution is -0.140. The maximum Gasteiger partial charge on any atom is 0.434 e. The number of carbonyl (C=O) groups excluding carboxylic acids is 1. The highest BCUT2D eigenvalue weighted by Gasteiger charge is 2.34. The summed E-state index contributed by atoms with van der Waals surface area (Å²) in [4.78, 5) is 19.5. The van der Waals surface area contributed by atoms with Crippen molar-refractivity contribution in [2.24, 2.45) is 0 Å². The third kappa shape index (κ3) is 3.62. The van der Waals surface area contributed by atoms with Crippen LogP contribution in [0.5, 0.6) is 0 Å². The van der Waals surface area contributed by atoms with E-state index in [1.807, 2.05) is 0 Å². The van der Waals surface area contributed by atoms with Crippen molar-refractivity contribution in [2.45, 2.75) is 38.5 Å². The van der Waals surface area contributed by atoms with Crippen molar-refractivity contribution in [3.05, 3.63) is 28.7 Å². The van der Waals surface area contributed by atoms with Crippen molar-refractivity contribution in [3.8, 4) is 0 Å². The Hall–Kier alpha value is -1.97. The lowest BCUT2D eigenvalue weighted by Gasteiger charge is -2.18. The summed E-state index contributed by atoms with van der Waals surface area (Å²) in [6.45, 7) is 3.39. The van der Waals surface area contributed by atoms with Crippen molar-refractivity contribution < 1.29 is 18.0 Å². The Labute approximate surface area is 128 Å². The lowest BCUT2D eigenvalue weighted by atomic mass is 10.2. The molecule has 0 bridgehead atoms. The minimum absolute atomic E-state index is 0.231. The van der Waals surface area contributed by atoms with Crippen LogP contribution in [0.1, 0.15) is 43.1 Å². The van der Waals surface area contributed by atoms with Crippen LogP contribution in [0.25, 0.3) is 0 Å². The van der Waals surface area contributed by atoms with Gasteiger partial charge in [-0.25, -0.2) is 14.6 Å². The Morgan fingerprint density at radius 2 is 2.23 bits per heavy atom. The number of nitrogens with zero attached hydrogens (tertiary/aromatic N) is 4. The maximum atomic E-state index is 12.6. The van der Waals surface area contributed by atoms with E-state index in [4.69, 9.17) is 0 Å². The van der Waals surface area contributed by atoms with Gasteiger partial charge >= 0.3 is 6.18 Å². The molecule has 0 aliphatic heterocycles. The van der Waals surface area contributed by atoms with Crippen LogP contribution < -0.4 is 5.32 Å². The molecule has 0 spiro atoms. The highest BCUT2D eigenvalue weighted by molar-refractivity contribution is 7.09. The van der Waals surface area contributed by atoms with Crippen LogP contribution in [0.15, 0.2) is 18.0 Å². The molecule has 6 nitrogen and oxygen atoms in total. The molecule has 10 heteroatoms. The maximum absolute atomic E-state index is 12.6. The van der Waals surface area contributed by atoms with Crippen LogP contribution in [0, 0.1) is 0 Å². The van der Waals surface area contributed by atoms with Gasteiger partial charge in [-0.15, -0.1) is 11.3 Å². The Morgan fingerprint density at radius 3 is 2.73 bits per heavy atom. The molecule has 2 heterocycles. The van der Waals surface area contributed by atoms with Crippen LogP contribution >= 0.6 is 11.3 Å². The second-order valence-corrected chi connectivity index (χ2v) is 5.48. The average Bonchev–Trinajstić information content (AvgIpc) is 3.13. The number of hydrogen-bond acceptors (Lipinski definition) is 5. The fourth-order valence-corrected chi connectivity index (χ4v) is 2.71. The fourth-order valence-electron chi connectivity index (χ4n) is 1.75. The van der Waals surface area contributed by atoms with Gasteiger partial charge in [0, 0.05) is 5.38 Å². The average molecular weight is 333 g/mol. The van der Waals surface area contributed by atoms with E-state index in [0.29, 0.717) is 6.42 Å². The van der Waals surface area contributed by atoms with Gasteiger partial charge in [0.05, 0.1) is 6.04 Å². The zero-order chi connectivity index (χ0) is 16.3. The van der Waals surface area contributed by atoms with E-state index in [-0.39, 0.29) is 10.9 Å². The van der Waals surface area contributed by atoms with E-state index in [2.05, 4.69) is 20.4 Å². The first kappa shape index (κ1) is 16.4. The third-order valence-corrected chi connectivity index (χ3v) is 4.01. The largest absolute Gasteiger partial charge is 0.434 e. The van der Waals surface area contributed by atoms with Gasteiger partial charge in [-0.2, -0.15) is 18.3 Å². The summed E-state index contributed by atoms with van der Waals surface area (Å²) in [5, 5.41) is 7.73. The molecule has 0 saturated heterocycles. The molecule has 0 fully saturated rings. The van der Waals surface area contributed by atoms with Crippen molar-refractivity contribution in [1.82, 2.24) is 25.1 Å². The number of rotatable bonds is 5. The molecule has 0 aliphatic carbocycles. The number of amides is 1. The Bertz CT molecular complexity index is 625. The summed E-state index contributed by atoms with van der Waals surface area (Å²) in [6.07, 6.45) is -1.35. The summed E-state index contributed by atoms with van der Waals surface area (Å²) in [5.74, 6) is -0.360. The number of nitrogens with one attached hydrogen (secondary N) is 1. The smallest absolute Gasteiger partial charge is 0.345 e. The predicted molar refractivity (Wildman–Crippen MR) is 73.0 cm³/mol. The second-order valence-electron chi connectivity index (χ2n) is 4.59. The normalized spacial score (nSPS) is 14.6. The summed E-state index contributed by atoms with van der Waals surface area (Å²) < 4.78 is 39.1. The van der Waals surface area contributed by atoms with Crippen molar-refractivity contribution in [3.63, 3.8) is 0 Å². The van der Waals surface area contributed by atoms with E-state index >= 15 is 0 Å². The molecule has 1 amide bonds. The summed E-state index contributed by atoms with van der Waals surface area (Å²) in [6, 6.07) is -1.18. The van der Waals surface area contributed by atoms with Crippen LogP contribution in [0.3, 0.4) is 0 Å². The van der Waals surface area contributed by atoms with Gasteiger partial charge in [0.2, 0.25) is 5.91 Å². The molecule has 2 aromatic rings. The second kappa shape index (κ2) is 6.42. The van der Waals surface area contributed by atoms with Crippen LogP contribution in [0.4, 0.5) is 13.2 Å². The van der Waals surface area contributed by atoms with Gasteiger partial charge in [-0.05, 0) is 13.3 Å². The molecule has 0 saturated carbocycles. The van der Waals surface area contributed by atoms with Crippen molar-refractivity contribution in [2.75, 3.05) is 0 Å². The van der Waals surface area contributed by atoms with Crippen LogP contribution in [-0.4, -0.2) is 25.7 Å². The first-order valence-corrected chi connectivity index (χ1v) is 7.38. The SMILES string of the molecule is CC[C@@H](NC(=O)[C@@H](C)n1cncn1)c1nc(C(F)(F)F)cs1. The molecule has 2 aromatic heterocycles. The summed E-state index contributed by atoms with van der Waals surface area (Å²) in [7, 11) is 0. The summed E-state index contributed by atoms with van der Waals surface area (Å²) in [5.41, 5.74) is -0.940. The minimum atomic E-state index is -4.48. The highest BCUT2D eigenvalue weighted by Crippen LogP contribution is 2.32. The fraction of sp³-hybridized carbons (Fsp3) is 0.500. The molecule has 0 aliphatic rings. The number of aromatic nitrogens is 4. The van der Waals surface area contributed by atoms with Gasteiger partial charge in [0.25, 0.3) is 0 Å². The Balaban J connectivity index is 2.09. The summed E-state index contributed by atoms with van der Waals surface area (Å²) >= 11 is 0.880. The van der Waals surface area contributed by atoms with E-state index in [1.165, 1.54) is 17.3 Å². The lowest BCUT2D eigenvalue weighted by Crippen LogP contribution is -2.34. The predicted octanol–water partition coefficient (Wildman–Crippen LogP) is 2.58. The number of thiazole rings is 1. The zero-order valence-corrected chi connectivity index (χ0v) is 12.6. The quantitative estimate of drug-likeness (QED) is 0.913. The van der Waals surface area contributed by atoms with E-state index in [1.54, 1.807) is 13.8 Å². The monoisotopic (exact) mass is 333 g/mol. The topological polar surface area (TPSA) is 72.7 Å². The van der Waals surface area contributed by atoms with Crippen LogP contribution in [-0.2, 0) is 11.0 Å². The number of hydrogen-bond donors (Lipinski definition) is 1. The van der Waals surface area contributed by atoms with Crippen molar-refractivity contribution in [1.29, 1.82) is 0 Å². The molecule has 22 heavy (non-hydrogen) atoms. The molecule has 0 radical (unpaired) electrons. The van der Waals surface area contributed by atoms with Gasteiger partial charge in [0.1, 0.15) is 23.7 Å². The molecule has 2 atom stereocenters. The minimum Gasteiger partial charge on any atom is -0.345 e. The molecule has 120 valence electrons.